The minimum Gasteiger partial charge on any atom is -0.469 e. The van der Waals surface area contributed by atoms with E-state index in [0.717, 1.165) is 5.56 Å². The van der Waals surface area contributed by atoms with Gasteiger partial charge in [0.25, 0.3) is 0 Å². The van der Waals surface area contributed by atoms with Crippen LogP contribution in [-0.2, 0) is 20.7 Å². The molecule has 0 aromatic heterocycles. The topological polar surface area (TPSA) is 104 Å². The molecule has 1 unspecified atom stereocenters. The number of carbonyl (C=O) groups excluding carboxylic acids is 2. The first-order valence-corrected chi connectivity index (χ1v) is 10.2. The summed E-state index contributed by atoms with van der Waals surface area (Å²) in [4.78, 5) is 36.7. The lowest BCUT2D eigenvalue weighted by Crippen LogP contribution is -2.44. The first kappa shape index (κ1) is 23.0. The fourth-order valence-corrected chi connectivity index (χ4v) is 5.00. The Balaban J connectivity index is 2.10. The Bertz CT molecular complexity index is 764. The van der Waals surface area contributed by atoms with Crippen molar-refractivity contribution in [2.45, 2.75) is 55.4 Å². The van der Waals surface area contributed by atoms with E-state index in [1.54, 1.807) is 17.8 Å². The van der Waals surface area contributed by atoms with Gasteiger partial charge in [-0.1, -0.05) is 36.4 Å². The van der Waals surface area contributed by atoms with Crippen molar-refractivity contribution in [2.24, 2.45) is 0 Å². The molecule has 3 atom stereocenters. The third-order valence-corrected chi connectivity index (χ3v) is 6.28. The van der Waals surface area contributed by atoms with Gasteiger partial charge in [0.2, 0.25) is 0 Å². The Morgan fingerprint density at radius 3 is 2.48 bits per heavy atom. The number of methoxy groups -OCH3 is 1. The van der Waals surface area contributed by atoms with E-state index in [2.05, 4.69) is 4.74 Å². The number of nitrogens with zero attached hydrogens (tertiary/aromatic N) is 1. The van der Waals surface area contributed by atoms with Gasteiger partial charge in [-0.3, -0.25) is 14.5 Å². The van der Waals surface area contributed by atoms with Crippen molar-refractivity contribution >= 4 is 29.6 Å². The average Bonchev–Trinajstić information content (AvgIpc) is 2.89. The van der Waals surface area contributed by atoms with Crippen LogP contribution in [0.5, 0.6) is 0 Å². The number of hydrogen-bond acceptors (Lipinski definition) is 6. The van der Waals surface area contributed by atoms with Crippen LogP contribution in [-0.4, -0.2) is 62.3 Å². The molecule has 0 bridgehead atoms. The van der Waals surface area contributed by atoms with Crippen molar-refractivity contribution in [1.82, 2.24) is 4.90 Å². The van der Waals surface area contributed by atoms with E-state index in [9.17, 15) is 24.6 Å². The van der Waals surface area contributed by atoms with Gasteiger partial charge in [0.15, 0.2) is 5.78 Å². The molecule has 1 amide bonds. The van der Waals surface area contributed by atoms with Crippen molar-refractivity contribution in [2.75, 3.05) is 7.11 Å². The predicted molar refractivity (Wildman–Crippen MR) is 111 cm³/mol. The number of aliphatic hydroxyl groups is 1. The Hall–Kier alpha value is -2.32. The summed E-state index contributed by atoms with van der Waals surface area (Å²) in [5, 5.41) is 19.3. The summed E-state index contributed by atoms with van der Waals surface area (Å²) in [5.74, 6) is -0.970. The van der Waals surface area contributed by atoms with E-state index >= 15 is 0 Å². The standard InChI is InChI=1S/C21H27NO6S/c1-21(2)17(10-9-15(23)12-16(24)13-19(25)28-3)22(20(26)27)18(29-21)11-14-7-5-4-6-8-14/h4-10,16-18,24H,11-13H2,1-3H3,(H,26,27)/b10-9+/t16-,17+,18?/m1/s1. The van der Waals surface area contributed by atoms with Crippen molar-refractivity contribution in [3.63, 3.8) is 0 Å². The van der Waals surface area contributed by atoms with Crippen LogP contribution in [0.4, 0.5) is 4.79 Å². The molecule has 2 N–H and O–H groups in total. The first-order valence-electron chi connectivity index (χ1n) is 9.33. The minimum atomic E-state index is -1.13. The Labute approximate surface area is 174 Å². The number of benzene rings is 1. The molecular weight excluding hydrogens is 394 g/mol. The quantitative estimate of drug-likeness (QED) is 0.491. The van der Waals surface area contributed by atoms with Gasteiger partial charge < -0.3 is 14.9 Å². The zero-order valence-electron chi connectivity index (χ0n) is 16.8. The average molecular weight is 422 g/mol. The normalized spacial score (nSPS) is 21.9. The largest absolute Gasteiger partial charge is 0.469 e. The van der Waals surface area contributed by atoms with Crippen LogP contribution in [0.3, 0.4) is 0 Å². The molecule has 0 saturated carbocycles. The van der Waals surface area contributed by atoms with E-state index in [1.807, 2.05) is 44.2 Å². The van der Waals surface area contributed by atoms with Crippen LogP contribution in [0.15, 0.2) is 42.5 Å². The van der Waals surface area contributed by atoms with Crippen molar-refractivity contribution < 1.29 is 29.3 Å². The highest BCUT2D eigenvalue weighted by Crippen LogP contribution is 2.46. The second kappa shape index (κ2) is 9.93. The predicted octanol–water partition coefficient (Wildman–Crippen LogP) is 2.87. The van der Waals surface area contributed by atoms with Gasteiger partial charge in [-0.25, -0.2) is 4.79 Å². The fourth-order valence-electron chi connectivity index (χ4n) is 3.36. The van der Waals surface area contributed by atoms with E-state index in [4.69, 9.17) is 0 Å². The third-order valence-electron chi connectivity index (χ3n) is 4.77. The molecule has 158 valence electrons. The maximum Gasteiger partial charge on any atom is 0.408 e. The number of ether oxygens (including phenoxy) is 1. The summed E-state index contributed by atoms with van der Waals surface area (Å²) in [6.07, 6.45) is 0.780. The Kier molecular flexibility index (Phi) is 7.87. The van der Waals surface area contributed by atoms with E-state index in [-0.39, 0.29) is 24.0 Å². The number of allylic oxidation sites excluding steroid dienone is 1. The second-order valence-electron chi connectivity index (χ2n) is 7.46. The number of thioether (sulfide) groups is 1. The van der Waals surface area contributed by atoms with E-state index in [0.29, 0.717) is 6.42 Å². The Morgan fingerprint density at radius 2 is 1.90 bits per heavy atom. The molecule has 0 aliphatic carbocycles. The summed E-state index contributed by atoms with van der Waals surface area (Å²) in [6.45, 7) is 3.90. The molecule has 0 radical (unpaired) electrons. The summed E-state index contributed by atoms with van der Waals surface area (Å²) < 4.78 is 4.04. The van der Waals surface area contributed by atoms with Crippen LogP contribution in [0.1, 0.15) is 32.3 Å². The maximum atomic E-state index is 12.2. The molecule has 1 aliphatic heterocycles. The zero-order chi connectivity index (χ0) is 21.6. The minimum absolute atomic E-state index is 0.230. The highest BCUT2D eigenvalue weighted by molar-refractivity contribution is 8.01. The lowest BCUT2D eigenvalue weighted by Gasteiger charge is -2.28. The summed E-state index contributed by atoms with van der Waals surface area (Å²) in [7, 11) is 1.21. The molecule has 1 aromatic rings. The maximum absolute atomic E-state index is 12.2. The molecular formula is C21H27NO6S. The molecule has 29 heavy (non-hydrogen) atoms. The zero-order valence-corrected chi connectivity index (χ0v) is 17.6. The van der Waals surface area contributed by atoms with Gasteiger partial charge >= 0.3 is 12.1 Å². The van der Waals surface area contributed by atoms with Crippen LogP contribution in [0.2, 0.25) is 0 Å². The van der Waals surface area contributed by atoms with Gasteiger partial charge in [-0.15, -0.1) is 11.8 Å². The van der Waals surface area contributed by atoms with Gasteiger partial charge in [0, 0.05) is 17.6 Å². The number of ketones is 1. The molecule has 7 nitrogen and oxygen atoms in total. The lowest BCUT2D eigenvalue weighted by atomic mass is 9.99. The smallest absolute Gasteiger partial charge is 0.408 e. The number of esters is 1. The molecule has 1 aliphatic rings. The summed E-state index contributed by atoms with van der Waals surface area (Å²) in [5.41, 5.74) is 1.04. The van der Waals surface area contributed by atoms with Crippen LogP contribution < -0.4 is 0 Å². The van der Waals surface area contributed by atoms with E-state index < -0.39 is 29.0 Å². The number of carbonyl (C=O) groups is 3. The van der Waals surface area contributed by atoms with Crippen molar-refractivity contribution in [3.05, 3.63) is 48.0 Å². The number of aliphatic hydroxyl groups excluding tert-OH is 1. The van der Waals surface area contributed by atoms with Crippen LogP contribution in [0.25, 0.3) is 0 Å². The SMILES string of the molecule is COC(=O)C[C@H](O)CC(=O)/C=C/[C@@H]1N(C(=O)O)C(Cc2ccccc2)SC1(C)C. The van der Waals surface area contributed by atoms with Crippen LogP contribution >= 0.6 is 11.8 Å². The molecule has 1 aromatic carbocycles. The molecule has 1 saturated heterocycles. The highest BCUT2D eigenvalue weighted by atomic mass is 32.2. The summed E-state index contributed by atoms with van der Waals surface area (Å²) >= 11 is 1.56. The molecule has 2 rings (SSSR count). The monoisotopic (exact) mass is 421 g/mol. The number of rotatable bonds is 8. The van der Waals surface area contributed by atoms with Crippen molar-refractivity contribution in [3.8, 4) is 0 Å². The highest BCUT2D eigenvalue weighted by Gasteiger charge is 2.48. The first-order chi connectivity index (χ1) is 13.6. The number of hydrogen-bond donors (Lipinski definition) is 2. The molecule has 0 spiro atoms. The lowest BCUT2D eigenvalue weighted by molar-refractivity contribution is -0.143. The molecule has 8 heteroatoms. The van der Waals surface area contributed by atoms with E-state index in [1.165, 1.54) is 18.1 Å². The van der Waals surface area contributed by atoms with Crippen molar-refractivity contribution in [1.29, 1.82) is 0 Å². The third kappa shape index (κ3) is 6.33. The van der Waals surface area contributed by atoms with Gasteiger partial charge in [-0.2, -0.15) is 0 Å². The molecule has 1 heterocycles. The summed E-state index contributed by atoms with van der Waals surface area (Å²) in [6, 6.07) is 9.17. The molecule has 1 fully saturated rings. The Morgan fingerprint density at radius 1 is 1.24 bits per heavy atom. The number of carboxylic acid groups (broad SMARTS) is 1. The fraction of sp³-hybridized carbons (Fsp3) is 0.476. The van der Waals surface area contributed by atoms with Gasteiger partial charge in [-0.05, 0) is 25.5 Å². The number of amides is 1. The van der Waals surface area contributed by atoms with Gasteiger partial charge in [0.1, 0.15) is 0 Å². The van der Waals surface area contributed by atoms with Gasteiger partial charge in [0.05, 0.1) is 31.1 Å². The second-order valence-corrected chi connectivity index (χ2v) is 9.30. The van der Waals surface area contributed by atoms with Crippen LogP contribution in [0, 0.1) is 0 Å².